The van der Waals surface area contributed by atoms with Crippen LogP contribution >= 0.6 is 0 Å². The summed E-state index contributed by atoms with van der Waals surface area (Å²) in [5, 5.41) is 0. The fraction of sp³-hybridized carbons (Fsp3) is 0.583. The van der Waals surface area contributed by atoms with Gasteiger partial charge in [-0.05, 0) is 25.1 Å². The molecule has 3 heteroatoms. The van der Waals surface area contributed by atoms with Gasteiger partial charge < -0.3 is 9.80 Å². The number of aromatic nitrogens is 1. The van der Waals surface area contributed by atoms with Crippen LogP contribution in [0.1, 0.15) is 12.5 Å². The molecule has 1 fully saturated rings. The molecule has 0 radical (unpaired) electrons. The van der Waals surface area contributed by atoms with Gasteiger partial charge in [-0.2, -0.15) is 0 Å². The predicted molar refractivity (Wildman–Crippen MR) is 63.3 cm³/mol. The average Bonchev–Trinajstić information content (AvgIpc) is 2.30. The highest BCUT2D eigenvalue weighted by atomic mass is 15.3. The summed E-state index contributed by atoms with van der Waals surface area (Å²) in [6.45, 7) is 9.98. The zero-order valence-electron chi connectivity index (χ0n) is 9.61. The highest BCUT2D eigenvalue weighted by Gasteiger charge is 2.15. The number of hydrogen-bond acceptors (Lipinski definition) is 3. The summed E-state index contributed by atoms with van der Waals surface area (Å²) in [6.07, 6.45) is 1.95. The molecule has 1 aliphatic rings. The van der Waals surface area contributed by atoms with Crippen molar-refractivity contribution in [2.75, 3.05) is 37.6 Å². The predicted octanol–water partition coefficient (Wildman–Crippen LogP) is 1.53. The molecule has 1 aromatic rings. The summed E-state index contributed by atoms with van der Waals surface area (Å²) in [6, 6.07) is 4.26. The van der Waals surface area contributed by atoms with Crippen LogP contribution in [0.15, 0.2) is 18.3 Å². The number of piperazine rings is 1. The zero-order valence-corrected chi connectivity index (χ0v) is 9.61. The molecule has 0 amide bonds. The highest BCUT2D eigenvalue weighted by molar-refractivity contribution is 5.39. The molecule has 0 bridgehead atoms. The lowest BCUT2D eigenvalue weighted by Crippen LogP contribution is -2.46. The minimum atomic E-state index is 1.10. The van der Waals surface area contributed by atoms with Crippen LogP contribution in [0.25, 0.3) is 0 Å². The van der Waals surface area contributed by atoms with Crippen molar-refractivity contribution in [2.24, 2.45) is 0 Å². The molecule has 2 rings (SSSR count). The second-order valence-electron chi connectivity index (χ2n) is 4.12. The number of likely N-dealkylation sites (N-methyl/N-ethyl adjacent to an activating group) is 1. The highest BCUT2D eigenvalue weighted by Crippen LogP contribution is 2.13. The smallest absolute Gasteiger partial charge is 0.128 e. The topological polar surface area (TPSA) is 19.4 Å². The Bertz CT molecular complexity index is 299. The van der Waals surface area contributed by atoms with E-state index < -0.39 is 0 Å². The number of nitrogens with zero attached hydrogens (tertiary/aromatic N) is 3. The van der Waals surface area contributed by atoms with Crippen LogP contribution in [0.3, 0.4) is 0 Å². The van der Waals surface area contributed by atoms with Crippen LogP contribution in [0.5, 0.6) is 0 Å². The molecular weight excluding hydrogens is 186 g/mol. The van der Waals surface area contributed by atoms with E-state index in [-0.39, 0.29) is 0 Å². The molecule has 0 spiro atoms. The molecule has 15 heavy (non-hydrogen) atoms. The van der Waals surface area contributed by atoms with Gasteiger partial charge in [0.2, 0.25) is 0 Å². The number of pyridine rings is 1. The van der Waals surface area contributed by atoms with Crippen LogP contribution < -0.4 is 4.90 Å². The molecule has 0 aromatic carbocycles. The third kappa shape index (κ3) is 2.48. The van der Waals surface area contributed by atoms with E-state index in [0.717, 1.165) is 38.5 Å². The Kier molecular flexibility index (Phi) is 3.21. The molecule has 0 N–H and O–H groups in total. The van der Waals surface area contributed by atoms with E-state index in [1.54, 1.807) is 0 Å². The largest absolute Gasteiger partial charge is 0.354 e. The summed E-state index contributed by atoms with van der Waals surface area (Å²) < 4.78 is 0. The SMILES string of the molecule is CCN1CCN(c2ccc(C)cn2)CC1. The van der Waals surface area contributed by atoms with Crippen molar-refractivity contribution < 1.29 is 0 Å². The van der Waals surface area contributed by atoms with Crippen molar-refractivity contribution in [1.82, 2.24) is 9.88 Å². The molecule has 82 valence electrons. The zero-order chi connectivity index (χ0) is 10.7. The molecule has 1 aromatic heterocycles. The van der Waals surface area contributed by atoms with Gasteiger partial charge in [-0.3, -0.25) is 0 Å². The number of aryl methyl sites for hydroxylation is 1. The van der Waals surface area contributed by atoms with Gasteiger partial charge in [0.25, 0.3) is 0 Å². The molecule has 0 atom stereocenters. The molecule has 2 heterocycles. The Morgan fingerprint density at radius 2 is 1.93 bits per heavy atom. The molecule has 0 unspecified atom stereocenters. The van der Waals surface area contributed by atoms with Crippen molar-refractivity contribution in [2.45, 2.75) is 13.8 Å². The Hall–Kier alpha value is -1.09. The van der Waals surface area contributed by atoms with Crippen LogP contribution in [0.2, 0.25) is 0 Å². The second kappa shape index (κ2) is 4.62. The van der Waals surface area contributed by atoms with E-state index in [2.05, 4.69) is 40.8 Å². The minimum absolute atomic E-state index is 1.10. The molecule has 0 aliphatic carbocycles. The summed E-state index contributed by atoms with van der Waals surface area (Å²) in [5.74, 6) is 1.12. The van der Waals surface area contributed by atoms with E-state index in [9.17, 15) is 0 Å². The lowest BCUT2D eigenvalue weighted by atomic mass is 10.3. The maximum atomic E-state index is 4.46. The lowest BCUT2D eigenvalue weighted by molar-refractivity contribution is 0.270. The summed E-state index contributed by atoms with van der Waals surface area (Å²) in [7, 11) is 0. The van der Waals surface area contributed by atoms with Gasteiger partial charge in [0.1, 0.15) is 5.82 Å². The molecule has 0 saturated carbocycles. The van der Waals surface area contributed by atoms with Gasteiger partial charge in [0, 0.05) is 32.4 Å². The summed E-state index contributed by atoms with van der Waals surface area (Å²) in [5.41, 5.74) is 1.23. The Labute approximate surface area is 91.7 Å². The standard InChI is InChI=1S/C12H19N3/c1-3-14-6-8-15(9-7-14)12-5-4-11(2)10-13-12/h4-5,10H,3,6-9H2,1-2H3. The van der Waals surface area contributed by atoms with E-state index in [1.165, 1.54) is 5.56 Å². The van der Waals surface area contributed by atoms with Crippen LogP contribution in [0.4, 0.5) is 5.82 Å². The minimum Gasteiger partial charge on any atom is -0.354 e. The maximum Gasteiger partial charge on any atom is 0.128 e. The third-order valence-corrected chi connectivity index (χ3v) is 3.04. The van der Waals surface area contributed by atoms with Crippen molar-refractivity contribution in [3.63, 3.8) is 0 Å². The van der Waals surface area contributed by atoms with Gasteiger partial charge >= 0.3 is 0 Å². The van der Waals surface area contributed by atoms with Crippen LogP contribution in [-0.2, 0) is 0 Å². The van der Waals surface area contributed by atoms with Gasteiger partial charge in [0.15, 0.2) is 0 Å². The van der Waals surface area contributed by atoms with Gasteiger partial charge in [-0.1, -0.05) is 13.0 Å². The first kappa shape index (κ1) is 10.4. The first-order chi connectivity index (χ1) is 7.29. The lowest BCUT2D eigenvalue weighted by Gasteiger charge is -2.34. The van der Waals surface area contributed by atoms with Gasteiger partial charge in [0.05, 0.1) is 0 Å². The number of anilines is 1. The quantitative estimate of drug-likeness (QED) is 0.730. The van der Waals surface area contributed by atoms with Gasteiger partial charge in [-0.15, -0.1) is 0 Å². The number of rotatable bonds is 2. The van der Waals surface area contributed by atoms with Crippen molar-refractivity contribution in [1.29, 1.82) is 0 Å². The van der Waals surface area contributed by atoms with Crippen molar-refractivity contribution in [3.8, 4) is 0 Å². The molecule has 3 nitrogen and oxygen atoms in total. The Morgan fingerprint density at radius 1 is 1.20 bits per heavy atom. The maximum absolute atomic E-state index is 4.46. The van der Waals surface area contributed by atoms with Crippen molar-refractivity contribution >= 4 is 5.82 Å². The van der Waals surface area contributed by atoms with E-state index >= 15 is 0 Å². The van der Waals surface area contributed by atoms with Crippen molar-refractivity contribution in [3.05, 3.63) is 23.9 Å². The number of hydrogen-bond donors (Lipinski definition) is 0. The molecular formula is C12H19N3. The Morgan fingerprint density at radius 3 is 2.47 bits per heavy atom. The van der Waals surface area contributed by atoms with E-state index in [4.69, 9.17) is 0 Å². The monoisotopic (exact) mass is 205 g/mol. The third-order valence-electron chi connectivity index (χ3n) is 3.04. The summed E-state index contributed by atoms with van der Waals surface area (Å²) in [4.78, 5) is 9.30. The summed E-state index contributed by atoms with van der Waals surface area (Å²) >= 11 is 0. The first-order valence-electron chi connectivity index (χ1n) is 5.69. The first-order valence-corrected chi connectivity index (χ1v) is 5.69. The van der Waals surface area contributed by atoms with E-state index in [1.807, 2.05) is 6.20 Å². The van der Waals surface area contributed by atoms with Crippen LogP contribution in [-0.4, -0.2) is 42.6 Å². The normalized spacial score (nSPS) is 18.1. The molecule has 1 saturated heterocycles. The second-order valence-corrected chi connectivity index (χ2v) is 4.12. The fourth-order valence-electron chi connectivity index (χ4n) is 1.94. The van der Waals surface area contributed by atoms with Crippen LogP contribution in [0, 0.1) is 6.92 Å². The molecule has 1 aliphatic heterocycles. The fourth-order valence-corrected chi connectivity index (χ4v) is 1.94. The van der Waals surface area contributed by atoms with Gasteiger partial charge in [-0.25, -0.2) is 4.98 Å². The average molecular weight is 205 g/mol. The van der Waals surface area contributed by atoms with E-state index in [0.29, 0.717) is 0 Å². The Balaban J connectivity index is 1.98.